The van der Waals surface area contributed by atoms with Crippen LogP contribution >= 0.6 is 0 Å². The highest BCUT2D eigenvalue weighted by Gasteiger charge is 2.24. The fraction of sp³-hybridized carbons (Fsp3) is 0.444. The Kier molecular flexibility index (Phi) is 1.96. The van der Waals surface area contributed by atoms with E-state index < -0.39 is 5.54 Å². The van der Waals surface area contributed by atoms with Crippen molar-refractivity contribution in [2.45, 2.75) is 25.8 Å². The molecular formula is C9H13N5. The standard InChI is InChI=1S/C9H13N5/c1-3-9(2,10)7-8-13-12-6-14(8)5-4-11-7/h4-6H,3,10H2,1-2H3. The Balaban J connectivity index is 2.67. The van der Waals surface area contributed by atoms with Crippen LogP contribution in [0.15, 0.2) is 18.7 Å². The zero-order chi connectivity index (χ0) is 10.2. The van der Waals surface area contributed by atoms with Gasteiger partial charge >= 0.3 is 0 Å². The van der Waals surface area contributed by atoms with Crippen LogP contribution in [0.1, 0.15) is 26.0 Å². The molecule has 0 fully saturated rings. The van der Waals surface area contributed by atoms with Crippen LogP contribution in [-0.2, 0) is 5.54 Å². The fourth-order valence-electron chi connectivity index (χ4n) is 1.33. The minimum absolute atomic E-state index is 0.449. The SMILES string of the molecule is CCC(C)(N)c1nccn2cnnc12. The van der Waals surface area contributed by atoms with E-state index >= 15 is 0 Å². The molecule has 2 heterocycles. The van der Waals surface area contributed by atoms with E-state index in [1.165, 1.54) is 0 Å². The van der Waals surface area contributed by atoms with Gasteiger partial charge in [-0.05, 0) is 13.3 Å². The molecule has 14 heavy (non-hydrogen) atoms. The molecule has 0 aliphatic rings. The predicted octanol–water partition coefficient (Wildman–Crippen LogP) is 0.708. The highest BCUT2D eigenvalue weighted by Crippen LogP contribution is 2.21. The van der Waals surface area contributed by atoms with Crippen LogP contribution in [0.25, 0.3) is 5.65 Å². The Morgan fingerprint density at radius 3 is 3.07 bits per heavy atom. The Hall–Kier alpha value is -1.49. The average molecular weight is 191 g/mol. The molecule has 0 saturated heterocycles. The van der Waals surface area contributed by atoms with Crippen molar-refractivity contribution in [1.29, 1.82) is 0 Å². The van der Waals surface area contributed by atoms with Crippen molar-refractivity contribution in [3.8, 4) is 0 Å². The van der Waals surface area contributed by atoms with Gasteiger partial charge in [-0.3, -0.25) is 9.38 Å². The van der Waals surface area contributed by atoms with Crippen molar-refractivity contribution < 1.29 is 0 Å². The van der Waals surface area contributed by atoms with Gasteiger partial charge in [0.25, 0.3) is 0 Å². The van der Waals surface area contributed by atoms with E-state index in [0.29, 0.717) is 0 Å². The summed E-state index contributed by atoms with van der Waals surface area (Å²) in [6.07, 6.45) is 5.98. The van der Waals surface area contributed by atoms with Crippen molar-refractivity contribution in [3.63, 3.8) is 0 Å². The summed E-state index contributed by atoms with van der Waals surface area (Å²) in [5.41, 5.74) is 7.20. The van der Waals surface area contributed by atoms with Crippen LogP contribution in [-0.4, -0.2) is 19.6 Å². The minimum atomic E-state index is -0.449. The molecule has 0 aliphatic carbocycles. The largest absolute Gasteiger partial charge is 0.320 e. The third-order valence-corrected chi connectivity index (χ3v) is 2.49. The molecule has 0 saturated carbocycles. The average Bonchev–Trinajstić information content (AvgIpc) is 2.64. The van der Waals surface area contributed by atoms with Gasteiger partial charge in [-0.25, -0.2) is 0 Å². The second-order valence-corrected chi connectivity index (χ2v) is 3.61. The molecule has 0 aromatic carbocycles. The topological polar surface area (TPSA) is 69.1 Å². The van der Waals surface area contributed by atoms with Crippen molar-refractivity contribution in [2.75, 3.05) is 0 Å². The Bertz CT molecular complexity index is 445. The monoisotopic (exact) mass is 191 g/mol. The molecule has 5 heteroatoms. The number of rotatable bonds is 2. The maximum Gasteiger partial charge on any atom is 0.184 e. The van der Waals surface area contributed by atoms with Gasteiger partial charge in [0.2, 0.25) is 0 Å². The summed E-state index contributed by atoms with van der Waals surface area (Å²) in [5.74, 6) is 0. The second kappa shape index (κ2) is 3.02. The van der Waals surface area contributed by atoms with Gasteiger partial charge in [0.05, 0.1) is 5.54 Å². The molecule has 0 bridgehead atoms. The summed E-state index contributed by atoms with van der Waals surface area (Å²) in [6, 6.07) is 0. The van der Waals surface area contributed by atoms with E-state index in [1.54, 1.807) is 12.5 Å². The number of hydrogen-bond donors (Lipinski definition) is 1. The molecule has 1 unspecified atom stereocenters. The first-order valence-electron chi connectivity index (χ1n) is 4.59. The molecule has 1 atom stereocenters. The van der Waals surface area contributed by atoms with Gasteiger partial charge < -0.3 is 5.73 Å². The van der Waals surface area contributed by atoms with E-state index in [0.717, 1.165) is 17.8 Å². The summed E-state index contributed by atoms with van der Waals surface area (Å²) in [7, 11) is 0. The molecule has 0 spiro atoms. The fourth-order valence-corrected chi connectivity index (χ4v) is 1.33. The summed E-state index contributed by atoms with van der Waals surface area (Å²) >= 11 is 0. The van der Waals surface area contributed by atoms with E-state index in [-0.39, 0.29) is 0 Å². The quantitative estimate of drug-likeness (QED) is 0.759. The van der Waals surface area contributed by atoms with Crippen molar-refractivity contribution in [3.05, 3.63) is 24.4 Å². The summed E-state index contributed by atoms with van der Waals surface area (Å²) in [5, 5.41) is 7.83. The Labute approximate surface area is 82.0 Å². The third kappa shape index (κ3) is 1.26. The van der Waals surface area contributed by atoms with Gasteiger partial charge in [-0.1, -0.05) is 6.92 Å². The van der Waals surface area contributed by atoms with Crippen LogP contribution < -0.4 is 5.73 Å². The van der Waals surface area contributed by atoms with Crippen molar-refractivity contribution in [2.24, 2.45) is 5.73 Å². The predicted molar refractivity (Wildman–Crippen MR) is 52.6 cm³/mol. The molecule has 2 rings (SSSR count). The number of nitrogens with two attached hydrogens (primary N) is 1. The van der Waals surface area contributed by atoms with E-state index in [9.17, 15) is 0 Å². The maximum atomic E-state index is 6.12. The number of aromatic nitrogens is 4. The smallest absolute Gasteiger partial charge is 0.184 e. The van der Waals surface area contributed by atoms with E-state index in [2.05, 4.69) is 15.2 Å². The molecule has 5 nitrogen and oxygen atoms in total. The van der Waals surface area contributed by atoms with Gasteiger partial charge in [0, 0.05) is 12.4 Å². The van der Waals surface area contributed by atoms with E-state index in [1.807, 2.05) is 24.4 Å². The molecule has 0 aliphatic heterocycles. The lowest BCUT2D eigenvalue weighted by molar-refractivity contribution is 0.463. The summed E-state index contributed by atoms with van der Waals surface area (Å²) in [4.78, 5) is 4.27. The highest BCUT2D eigenvalue weighted by molar-refractivity contribution is 5.45. The third-order valence-electron chi connectivity index (χ3n) is 2.49. The number of nitrogens with zero attached hydrogens (tertiary/aromatic N) is 4. The molecule has 0 amide bonds. The number of hydrogen-bond acceptors (Lipinski definition) is 4. The molecule has 2 N–H and O–H groups in total. The van der Waals surface area contributed by atoms with Crippen molar-refractivity contribution >= 4 is 5.65 Å². The molecule has 74 valence electrons. The van der Waals surface area contributed by atoms with Crippen LogP contribution in [0, 0.1) is 0 Å². The highest BCUT2D eigenvalue weighted by atomic mass is 15.2. The lowest BCUT2D eigenvalue weighted by Crippen LogP contribution is -2.33. The summed E-state index contributed by atoms with van der Waals surface area (Å²) in [6.45, 7) is 3.98. The van der Waals surface area contributed by atoms with Gasteiger partial charge in [-0.15, -0.1) is 10.2 Å². The van der Waals surface area contributed by atoms with Gasteiger partial charge in [0.15, 0.2) is 5.65 Å². The van der Waals surface area contributed by atoms with Crippen LogP contribution in [0.2, 0.25) is 0 Å². The normalized spacial score (nSPS) is 15.6. The first-order valence-corrected chi connectivity index (χ1v) is 4.59. The van der Waals surface area contributed by atoms with E-state index in [4.69, 9.17) is 5.73 Å². The molecule has 0 radical (unpaired) electrons. The Morgan fingerprint density at radius 2 is 2.36 bits per heavy atom. The van der Waals surface area contributed by atoms with Crippen LogP contribution in [0.4, 0.5) is 0 Å². The first-order chi connectivity index (χ1) is 6.65. The maximum absolute atomic E-state index is 6.12. The van der Waals surface area contributed by atoms with Crippen LogP contribution in [0.3, 0.4) is 0 Å². The molecule has 2 aromatic rings. The molecular weight excluding hydrogens is 178 g/mol. The lowest BCUT2D eigenvalue weighted by atomic mass is 9.96. The van der Waals surface area contributed by atoms with Crippen molar-refractivity contribution in [1.82, 2.24) is 19.6 Å². The lowest BCUT2D eigenvalue weighted by Gasteiger charge is -2.21. The van der Waals surface area contributed by atoms with Crippen LogP contribution in [0.5, 0.6) is 0 Å². The minimum Gasteiger partial charge on any atom is -0.320 e. The Morgan fingerprint density at radius 1 is 1.57 bits per heavy atom. The second-order valence-electron chi connectivity index (χ2n) is 3.61. The number of fused-ring (bicyclic) bond motifs is 1. The van der Waals surface area contributed by atoms with Gasteiger partial charge in [0.1, 0.15) is 12.0 Å². The zero-order valence-corrected chi connectivity index (χ0v) is 8.31. The zero-order valence-electron chi connectivity index (χ0n) is 8.31. The first kappa shape index (κ1) is 9.08. The molecule has 2 aromatic heterocycles. The summed E-state index contributed by atoms with van der Waals surface area (Å²) < 4.78 is 1.82. The van der Waals surface area contributed by atoms with Gasteiger partial charge in [-0.2, -0.15) is 0 Å².